The van der Waals surface area contributed by atoms with Gasteiger partial charge in [-0.2, -0.15) is 0 Å². The number of carbonyl (C=O) groups is 1. The number of aromatic carboxylic acids is 1. The maximum atomic E-state index is 11.6. The molecule has 0 bridgehead atoms. The largest absolute Gasteiger partial charge is 0.478 e. The van der Waals surface area contributed by atoms with Gasteiger partial charge in [0.15, 0.2) is 0 Å². The highest BCUT2D eigenvalue weighted by atomic mass is 16.4. The van der Waals surface area contributed by atoms with Crippen LogP contribution in [0.25, 0.3) is 0 Å². The van der Waals surface area contributed by atoms with Gasteiger partial charge in [-0.15, -0.1) is 0 Å². The summed E-state index contributed by atoms with van der Waals surface area (Å²) in [7, 11) is 0. The minimum atomic E-state index is -1.06. The third-order valence-corrected chi connectivity index (χ3v) is 2.59. The second-order valence-corrected chi connectivity index (χ2v) is 4.04. The fourth-order valence-electron chi connectivity index (χ4n) is 1.56. The van der Waals surface area contributed by atoms with Crippen LogP contribution in [0.1, 0.15) is 21.6 Å². The van der Waals surface area contributed by atoms with Crippen molar-refractivity contribution in [3.05, 3.63) is 62.2 Å². The summed E-state index contributed by atoms with van der Waals surface area (Å²) in [4.78, 5) is 39.6. The van der Waals surface area contributed by atoms with Gasteiger partial charge in [-0.25, -0.2) is 9.59 Å². The fourth-order valence-corrected chi connectivity index (χ4v) is 1.56. The van der Waals surface area contributed by atoms with Crippen molar-refractivity contribution in [3.63, 3.8) is 0 Å². The van der Waals surface area contributed by atoms with Gasteiger partial charge in [0.2, 0.25) is 0 Å². The molecule has 0 fully saturated rings. The highest BCUT2D eigenvalue weighted by Gasteiger charge is 2.05. The lowest BCUT2D eigenvalue weighted by Crippen LogP contribution is -2.31. The van der Waals surface area contributed by atoms with Crippen LogP contribution in [0, 0.1) is 6.92 Å². The van der Waals surface area contributed by atoms with Crippen LogP contribution < -0.4 is 11.2 Å². The van der Waals surface area contributed by atoms with Gasteiger partial charge in [-0.3, -0.25) is 19.3 Å². The Morgan fingerprint density at radius 3 is 2.74 bits per heavy atom. The fraction of sp³-hybridized carbons (Fsp3) is 0.167. The van der Waals surface area contributed by atoms with Gasteiger partial charge >= 0.3 is 11.7 Å². The monoisotopic (exact) mass is 261 g/mol. The summed E-state index contributed by atoms with van der Waals surface area (Å²) in [5.74, 6) is -1.06. The van der Waals surface area contributed by atoms with E-state index in [0.717, 1.165) is 0 Å². The van der Waals surface area contributed by atoms with Crippen molar-refractivity contribution in [2.75, 3.05) is 0 Å². The number of nitrogens with one attached hydrogen (secondary N) is 1. The molecule has 0 aliphatic rings. The Labute approximate surface area is 107 Å². The minimum Gasteiger partial charge on any atom is -0.478 e. The molecule has 0 aromatic carbocycles. The molecule has 19 heavy (non-hydrogen) atoms. The van der Waals surface area contributed by atoms with Crippen molar-refractivity contribution in [1.29, 1.82) is 0 Å². The molecule has 0 saturated carbocycles. The van der Waals surface area contributed by atoms with E-state index in [1.807, 2.05) is 0 Å². The van der Waals surface area contributed by atoms with Gasteiger partial charge in [0.05, 0.1) is 17.8 Å². The third kappa shape index (κ3) is 2.76. The Hall–Kier alpha value is -2.70. The van der Waals surface area contributed by atoms with E-state index in [4.69, 9.17) is 5.11 Å². The second-order valence-electron chi connectivity index (χ2n) is 4.04. The molecule has 7 nitrogen and oxygen atoms in total. The molecular weight excluding hydrogens is 250 g/mol. The Kier molecular flexibility index (Phi) is 3.28. The van der Waals surface area contributed by atoms with Crippen molar-refractivity contribution in [1.82, 2.24) is 14.5 Å². The van der Waals surface area contributed by atoms with E-state index < -0.39 is 17.2 Å². The number of hydrogen-bond donors (Lipinski definition) is 2. The Balaban J connectivity index is 2.31. The molecule has 0 aliphatic carbocycles. The first-order valence-corrected chi connectivity index (χ1v) is 5.46. The summed E-state index contributed by atoms with van der Waals surface area (Å²) in [6.07, 6.45) is 2.66. The number of aryl methyl sites for hydroxylation is 1. The topological polar surface area (TPSA) is 105 Å². The second kappa shape index (κ2) is 4.89. The van der Waals surface area contributed by atoms with Crippen molar-refractivity contribution < 1.29 is 9.90 Å². The third-order valence-electron chi connectivity index (χ3n) is 2.59. The predicted molar refractivity (Wildman–Crippen MR) is 66.4 cm³/mol. The summed E-state index contributed by atoms with van der Waals surface area (Å²) in [5.41, 5.74) is 0.0733. The van der Waals surface area contributed by atoms with E-state index in [2.05, 4.69) is 9.97 Å². The van der Waals surface area contributed by atoms with Crippen molar-refractivity contribution in [3.8, 4) is 0 Å². The number of aromatic nitrogens is 3. The van der Waals surface area contributed by atoms with Crippen LogP contribution in [-0.2, 0) is 6.54 Å². The molecule has 2 heterocycles. The van der Waals surface area contributed by atoms with Crippen LogP contribution in [0.4, 0.5) is 0 Å². The molecule has 2 aromatic rings. The zero-order valence-corrected chi connectivity index (χ0v) is 10.1. The zero-order chi connectivity index (χ0) is 14.0. The van der Waals surface area contributed by atoms with Crippen molar-refractivity contribution in [2.45, 2.75) is 13.5 Å². The quantitative estimate of drug-likeness (QED) is 0.808. The maximum Gasteiger partial charge on any atom is 0.337 e. The van der Waals surface area contributed by atoms with E-state index in [9.17, 15) is 14.4 Å². The molecule has 0 radical (unpaired) electrons. The Morgan fingerprint density at radius 2 is 2.16 bits per heavy atom. The molecular formula is C12H11N3O4. The predicted octanol–water partition coefficient (Wildman–Crippen LogP) is -0.0135. The lowest BCUT2D eigenvalue weighted by molar-refractivity contribution is 0.0696. The molecule has 2 rings (SSSR count). The summed E-state index contributed by atoms with van der Waals surface area (Å²) in [5, 5.41) is 8.74. The van der Waals surface area contributed by atoms with Gasteiger partial charge in [-0.1, -0.05) is 0 Å². The van der Waals surface area contributed by atoms with Crippen LogP contribution in [-0.4, -0.2) is 25.6 Å². The summed E-state index contributed by atoms with van der Waals surface area (Å²) >= 11 is 0. The average Bonchev–Trinajstić information content (AvgIpc) is 2.36. The normalized spacial score (nSPS) is 10.4. The maximum absolute atomic E-state index is 11.6. The van der Waals surface area contributed by atoms with E-state index in [1.165, 1.54) is 29.1 Å². The number of hydrogen-bond acceptors (Lipinski definition) is 4. The molecule has 2 N–H and O–H groups in total. The van der Waals surface area contributed by atoms with Crippen molar-refractivity contribution in [2.24, 2.45) is 0 Å². The van der Waals surface area contributed by atoms with Gasteiger partial charge in [0.25, 0.3) is 5.56 Å². The standard InChI is InChI=1S/C12H11N3O4/c1-7-5-15(12(19)14-10(7)16)6-9-3-2-8(4-13-9)11(17)18/h2-5H,6H2,1H3,(H,17,18)(H,14,16,19). The lowest BCUT2D eigenvalue weighted by Gasteiger charge is -2.05. The molecule has 0 unspecified atom stereocenters. The van der Waals surface area contributed by atoms with E-state index in [-0.39, 0.29) is 12.1 Å². The van der Waals surface area contributed by atoms with E-state index in [1.54, 1.807) is 6.92 Å². The van der Waals surface area contributed by atoms with Gasteiger partial charge in [0.1, 0.15) is 0 Å². The first-order chi connectivity index (χ1) is 8.97. The lowest BCUT2D eigenvalue weighted by atomic mass is 10.2. The zero-order valence-electron chi connectivity index (χ0n) is 10.1. The van der Waals surface area contributed by atoms with Crippen molar-refractivity contribution >= 4 is 5.97 Å². The molecule has 0 saturated heterocycles. The SMILES string of the molecule is Cc1cn(Cc2ccc(C(=O)O)cn2)c(=O)[nH]c1=O. The van der Waals surface area contributed by atoms with E-state index >= 15 is 0 Å². The molecule has 98 valence electrons. The summed E-state index contributed by atoms with van der Waals surface area (Å²) < 4.78 is 1.31. The Bertz CT molecular complexity index is 728. The Morgan fingerprint density at radius 1 is 1.42 bits per heavy atom. The number of aromatic amines is 1. The molecule has 0 amide bonds. The smallest absolute Gasteiger partial charge is 0.337 e. The van der Waals surface area contributed by atoms with Crippen LogP contribution >= 0.6 is 0 Å². The van der Waals surface area contributed by atoms with Crippen LogP contribution in [0.2, 0.25) is 0 Å². The summed E-state index contributed by atoms with van der Waals surface area (Å²) in [6.45, 7) is 1.76. The number of nitrogens with zero attached hydrogens (tertiary/aromatic N) is 2. The van der Waals surface area contributed by atoms with Crippen LogP contribution in [0.3, 0.4) is 0 Å². The number of carboxylic acid groups (broad SMARTS) is 1. The number of pyridine rings is 1. The van der Waals surface area contributed by atoms with Crippen LogP contribution in [0.15, 0.2) is 34.1 Å². The number of carboxylic acids is 1. The summed E-state index contributed by atoms with van der Waals surface area (Å²) in [6, 6.07) is 2.94. The first kappa shape index (κ1) is 12.7. The first-order valence-electron chi connectivity index (χ1n) is 5.46. The minimum absolute atomic E-state index is 0.0775. The van der Waals surface area contributed by atoms with Crippen LogP contribution in [0.5, 0.6) is 0 Å². The number of rotatable bonds is 3. The molecule has 0 spiro atoms. The van der Waals surface area contributed by atoms with Gasteiger partial charge in [0, 0.05) is 18.0 Å². The highest BCUT2D eigenvalue weighted by Crippen LogP contribution is 2.01. The average molecular weight is 261 g/mol. The molecule has 2 aromatic heterocycles. The van der Waals surface area contributed by atoms with Gasteiger partial charge in [-0.05, 0) is 19.1 Å². The highest BCUT2D eigenvalue weighted by molar-refractivity contribution is 5.87. The molecule has 0 aliphatic heterocycles. The van der Waals surface area contributed by atoms with E-state index in [0.29, 0.717) is 11.3 Å². The number of H-pyrrole nitrogens is 1. The molecule has 0 atom stereocenters. The molecule has 7 heteroatoms. The van der Waals surface area contributed by atoms with Gasteiger partial charge < -0.3 is 5.11 Å².